The molecule has 70 valence electrons. The summed E-state index contributed by atoms with van der Waals surface area (Å²) in [4.78, 5) is 0. The summed E-state index contributed by atoms with van der Waals surface area (Å²) < 4.78 is 0. The minimum atomic E-state index is -0.385. The molecule has 0 saturated carbocycles. The molecule has 0 nitrogen and oxygen atoms in total. The van der Waals surface area contributed by atoms with Crippen LogP contribution >= 0.6 is 12.2 Å². The molecule has 0 aliphatic carbocycles. The third-order valence-electron chi connectivity index (χ3n) is 2.27. The van der Waals surface area contributed by atoms with E-state index in [0.717, 1.165) is 6.42 Å². The van der Waals surface area contributed by atoms with Crippen molar-refractivity contribution in [1.29, 1.82) is 0 Å². The zero-order valence-electron chi connectivity index (χ0n) is 8.58. The third kappa shape index (κ3) is 2.96. The molecular formula is C11H16BS-. The lowest BCUT2D eigenvalue weighted by molar-refractivity contribution is 1.39. The lowest BCUT2D eigenvalue weighted by Crippen LogP contribution is -2.37. The molecule has 0 unspecified atom stereocenters. The van der Waals surface area contributed by atoms with Crippen LogP contribution in [-0.4, -0.2) is 11.5 Å². The Morgan fingerprint density at radius 2 is 2.00 bits per heavy atom. The number of hydrogen-bond donors (Lipinski definition) is 0. The van der Waals surface area contributed by atoms with Crippen molar-refractivity contribution in [3.8, 4) is 0 Å². The molecule has 0 aromatic heterocycles. The maximum atomic E-state index is 4.85. The van der Waals surface area contributed by atoms with Crippen LogP contribution in [0.1, 0.15) is 5.56 Å². The first-order valence-corrected chi connectivity index (χ1v) is 5.31. The number of hydrogen-bond acceptors (Lipinski definition) is 1. The van der Waals surface area contributed by atoms with Gasteiger partial charge in [-0.15, -0.1) is 0 Å². The smallest absolute Gasteiger partial charge is 0.0187 e. The molecule has 2 heteroatoms. The second-order valence-electron chi connectivity index (χ2n) is 4.71. The van der Waals surface area contributed by atoms with Crippen molar-refractivity contribution in [2.45, 2.75) is 26.9 Å². The molecule has 1 aromatic carbocycles. The van der Waals surface area contributed by atoms with Gasteiger partial charge >= 0.3 is 0 Å². The van der Waals surface area contributed by atoms with Gasteiger partial charge in [-0.1, -0.05) is 36.5 Å². The normalized spacial score (nSPS) is 11.3. The summed E-state index contributed by atoms with van der Waals surface area (Å²) in [5, 5.41) is 1.79. The Morgan fingerprint density at radius 1 is 1.31 bits per heavy atom. The number of thiocarbonyl (C=S) groups is 1. The van der Waals surface area contributed by atoms with Crippen molar-refractivity contribution in [2.75, 3.05) is 0 Å². The van der Waals surface area contributed by atoms with Gasteiger partial charge in [0.15, 0.2) is 0 Å². The number of rotatable bonds is 3. The molecule has 0 aliphatic heterocycles. The molecule has 0 atom stereocenters. The molecule has 0 aliphatic rings. The Labute approximate surface area is 86.3 Å². The van der Waals surface area contributed by atoms with E-state index in [0.29, 0.717) is 0 Å². The maximum Gasteiger partial charge on any atom is 0.0187 e. The van der Waals surface area contributed by atoms with E-state index in [-0.39, 0.29) is 6.15 Å². The van der Waals surface area contributed by atoms with Gasteiger partial charge in [0.2, 0.25) is 0 Å². The molecule has 0 radical (unpaired) electrons. The zero-order chi connectivity index (χ0) is 9.90. The van der Waals surface area contributed by atoms with Crippen molar-refractivity contribution in [3.63, 3.8) is 0 Å². The highest BCUT2D eigenvalue weighted by molar-refractivity contribution is 7.78. The van der Waals surface area contributed by atoms with Crippen LogP contribution in [0.25, 0.3) is 0 Å². The van der Waals surface area contributed by atoms with Crippen LogP contribution in [0, 0.1) is 0 Å². The fourth-order valence-corrected chi connectivity index (χ4v) is 1.55. The molecule has 0 saturated heterocycles. The largest absolute Gasteiger partial charge is 0.210 e. The molecule has 0 spiro atoms. The Morgan fingerprint density at radius 3 is 2.54 bits per heavy atom. The molecular weight excluding hydrogens is 175 g/mol. The van der Waals surface area contributed by atoms with Crippen LogP contribution in [0.5, 0.6) is 0 Å². The SMILES string of the molecule is C[B-](C)(C)c1cccc(CC=S)c1. The predicted octanol–water partition coefficient (Wildman–Crippen LogP) is 2.77. The van der Waals surface area contributed by atoms with Gasteiger partial charge in [0.1, 0.15) is 0 Å². The van der Waals surface area contributed by atoms with Gasteiger partial charge in [-0.2, -0.15) is 20.5 Å². The van der Waals surface area contributed by atoms with Gasteiger partial charge in [0.05, 0.1) is 0 Å². The average molecular weight is 191 g/mol. The Bertz CT molecular complexity index is 299. The van der Waals surface area contributed by atoms with E-state index in [4.69, 9.17) is 12.2 Å². The van der Waals surface area contributed by atoms with Crippen LogP contribution in [-0.2, 0) is 6.42 Å². The maximum absolute atomic E-state index is 4.85. The molecule has 1 rings (SSSR count). The van der Waals surface area contributed by atoms with Crippen molar-refractivity contribution >= 4 is 29.2 Å². The molecule has 1 aromatic rings. The quantitative estimate of drug-likeness (QED) is 0.523. The lowest BCUT2D eigenvalue weighted by atomic mass is 9.27. The highest BCUT2D eigenvalue weighted by Crippen LogP contribution is 2.05. The van der Waals surface area contributed by atoms with Crippen molar-refractivity contribution in [1.82, 2.24) is 0 Å². The minimum Gasteiger partial charge on any atom is -0.210 e. The summed E-state index contributed by atoms with van der Waals surface area (Å²) in [5.74, 6) is 0. The third-order valence-corrected chi connectivity index (χ3v) is 2.44. The van der Waals surface area contributed by atoms with Gasteiger partial charge in [-0.25, -0.2) is 5.46 Å². The van der Waals surface area contributed by atoms with E-state index in [9.17, 15) is 0 Å². The Balaban J connectivity index is 2.98. The van der Waals surface area contributed by atoms with Crippen LogP contribution in [0.2, 0.25) is 20.5 Å². The molecule has 0 amide bonds. The summed E-state index contributed by atoms with van der Waals surface area (Å²) in [7, 11) is 0. The first kappa shape index (κ1) is 10.5. The average Bonchev–Trinajstić information content (AvgIpc) is 2.04. The van der Waals surface area contributed by atoms with E-state index < -0.39 is 0 Å². The van der Waals surface area contributed by atoms with Gasteiger partial charge in [-0.05, 0) is 10.9 Å². The van der Waals surface area contributed by atoms with Crippen LogP contribution in [0.4, 0.5) is 0 Å². The van der Waals surface area contributed by atoms with Crippen LogP contribution < -0.4 is 5.46 Å². The van der Waals surface area contributed by atoms with Gasteiger partial charge in [0.25, 0.3) is 0 Å². The summed E-state index contributed by atoms with van der Waals surface area (Å²) >= 11 is 4.85. The van der Waals surface area contributed by atoms with Crippen LogP contribution in [0.3, 0.4) is 0 Å². The molecule has 13 heavy (non-hydrogen) atoms. The second-order valence-corrected chi connectivity index (χ2v) is 5.05. The summed E-state index contributed by atoms with van der Waals surface area (Å²) in [6.07, 6.45) is 0.513. The standard InChI is InChI=1S/C11H16BS/c1-12(2,3)11-6-4-5-10(9-11)7-8-13/h4-6,8-9H,7H2,1-3H3/q-1. The predicted molar refractivity (Wildman–Crippen MR) is 66.8 cm³/mol. The number of benzene rings is 1. The summed E-state index contributed by atoms with van der Waals surface area (Å²) in [5.41, 5.74) is 2.76. The molecule has 0 heterocycles. The summed E-state index contributed by atoms with van der Waals surface area (Å²) in [6.45, 7) is 6.86. The molecule has 0 bridgehead atoms. The van der Waals surface area contributed by atoms with Gasteiger partial charge in [0, 0.05) is 12.6 Å². The van der Waals surface area contributed by atoms with E-state index in [1.165, 1.54) is 11.0 Å². The molecule has 0 N–H and O–H groups in total. The van der Waals surface area contributed by atoms with Crippen LogP contribution in [0.15, 0.2) is 24.3 Å². The van der Waals surface area contributed by atoms with E-state index in [1.807, 2.05) is 0 Å². The Kier molecular flexibility index (Phi) is 3.26. The minimum absolute atomic E-state index is 0.385. The van der Waals surface area contributed by atoms with Crippen molar-refractivity contribution in [3.05, 3.63) is 29.8 Å². The topological polar surface area (TPSA) is 0 Å². The van der Waals surface area contributed by atoms with Crippen molar-refractivity contribution in [2.24, 2.45) is 0 Å². The lowest BCUT2D eigenvalue weighted by Gasteiger charge is -2.25. The monoisotopic (exact) mass is 191 g/mol. The second kappa shape index (κ2) is 4.06. The first-order valence-electron chi connectivity index (χ1n) is 4.84. The first-order chi connectivity index (χ1) is 6.04. The zero-order valence-corrected chi connectivity index (χ0v) is 9.40. The van der Waals surface area contributed by atoms with Gasteiger partial charge < -0.3 is 0 Å². The highest BCUT2D eigenvalue weighted by atomic mass is 32.1. The van der Waals surface area contributed by atoms with E-state index in [2.05, 4.69) is 44.7 Å². The van der Waals surface area contributed by atoms with E-state index in [1.54, 1.807) is 5.37 Å². The fourth-order valence-electron chi connectivity index (χ4n) is 1.35. The highest BCUT2D eigenvalue weighted by Gasteiger charge is 2.07. The molecule has 0 fully saturated rings. The van der Waals surface area contributed by atoms with E-state index >= 15 is 0 Å². The summed E-state index contributed by atoms with van der Waals surface area (Å²) in [6, 6.07) is 8.72. The fraction of sp³-hybridized carbons (Fsp3) is 0.364. The Hall–Kier alpha value is -0.625. The van der Waals surface area contributed by atoms with Gasteiger partial charge in [-0.3, -0.25) is 0 Å². The van der Waals surface area contributed by atoms with Crippen molar-refractivity contribution < 1.29 is 0 Å².